The highest BCUT2D eigenvalue weighted by atomic mass is 19.1. The molecule has 0 unspecified atom stereocenters. The first kappa shape index (κ1) is 90.6. The van der Waals surface area contributed by atoms with Gasteiger partial charge in [-0.1, -0.05) is 206 Å². The second-order valence-electron chi connectivity index (χ2n) is 31.3. The fraction of sp³-hybridized carbons (Fsp3) is 0.125. The summed E-state index contributed by atoms with van der Waals surface area (Å²) in [6.07, 6.45) is 8.90. The van der Waals surface area contributed by atoms with Crippen molar-refractivity contribution in [2.75, 3.05) is 62.4 Å². The number of ether oxygens (including phenoxy) is 3. The number of rotatable bonds is 22. The highest BCUT2D eigenvalue weighted by Crippen LogP contribution is 2.38. The van der Waals surface area contributed by atoms with Gasteiger partial charge in [0.2, 0.25) is 17.6 Å². The predicted molar refractivity (Wildman–Crippen MR) is 532 cm³/mol. The summed E-state index contributed by atoms with van der Waals surface area (Å²) in [6, 6.07) is 87.8. The molecule has 12 aromatic heterocycles. The number of benzene rings is 8. The highest BCUT2D eigenvalue weighted by molar-refractivity contribution is 6.05. The van der Waals surface area contributed by atoms with E-state index in [1.807, 2.05) is 368 Å². The first-order valence-corrected chi connectivity index (χ1v) is 44.2. The molecule has 32 nitrogen and oxygen atoms in total. The second kappa shape index (κ2) is 41.0. The van der Waals surface area contributed by atoms with Gasteiger partial charge in [0, 0.05) is 58.8 Å². The molecule has 8 aromatic carbocycles. The number of hydrogen-bond acceptors (Lipinski definition) is 16. The van der Waals surface area contributed by atoms with Gasteiger partial charge in [-0.15, -0.1) is 15.3 Å². The minimum atomic E-state index is -0.531. The topological polar surface area (TPSA) is 346 Å². The maximum absolute atomic E-state index is 14.5. The number of halogens is 1. The summed E-state index contributed by atoms with van der Waals surface area (Å²) in [5, 5.41) is 42.0. The largest absolute Gasteiger partial charge is 0.477 e. The van der Waals surface area contributed by atoms with Crippen molar-refractivity contribution in [1.29, 1.82) is 0 Å². The van der Waals surface area contributed by atoms with Crippen molar-refractivity contribution in [1.82, 2.24) is 81.6 Å². The lowest BCUT2D eigenvalue weighted by molar-refractivity contribution is 0.261. The van der Waals surface area contributed by atoms with Gasteiger partial charge in [0.25, 0.3) is 0 Å². The van der Waals surface area contributed by atoms with Crippen LogP contribution in [0.1, 0.15) is 60.0 Å². The Morgan fingerprint density at radius 1 is 0.285 bits per heavy atom. The quantitative estimate of drug-likeness (QED) is 0.0312. The van der Waals surface area contributed by atoms with Gasteiger partial charge in [0.05, 0.1) is 70.6 Å². The second-order valence-corrected chi connectivity index (χ2v) is 31.3. The van der Waals surface area contributed by atoms with Crippen molar-refractivity contribution >= 4 is 93.3 Å². The molecule has 0 bridgehead atoms. The summed E-state index contributed by atoms with van der Waals surface area (Å²) < 4.78 is 45.4. The van der Waals surface area contributed by atoms with Crippen LogP contribution in [-0.4, -0.2) is 126 Å². The summed E-state index contributed by atoms with van der Waals surface area (Å²) in [6.45, 7) is 20.4. The number of carbonyl (C=O) groups is 4. The molecule has 0 spiro atoms. The summed E-state index contributed by atoms with van der Waals surface area (Å²) in [5.74, 6) is 5.09. The van der Waals surface area contributed by atoms with Crippen molar-refractivity contribution < 1.29 is 37.8 Å². The van der Waals surface area contributed by atoms with Crippen molar-refractivity contribution in [2.45, 2.75) is 69.2 Å². The van der Waals surface area contributed by atoms with Crippen LogP contribution < -0.4 is 56.7 Å². The van der Waals surface area contributed by atoms with E-state index in [1.165, 1.54) is 10.5 Å². The molecule has 0 saturated carbocycles. The number of urea groups is 4. The number of para-hydroxylation sites is 4. The molecule has 0 aliphatic rings. The van der Waals surface area contributed by atoms with Gasteiger partial charge in [-0.25, -0.2) is 62.2 Å². The van der Waals surface area contributed by atoms with Crippen LogP contribution >= 0.6 is 0 Å². The Kier molecular flexibility index (Phi) is 27.1. The fourth-order valence-corrected chi connectivity index (χ4v) is 15.5. The molecule has 8 amide bonds. The van der Waals surface area contributed by atoms with E-state index in [1.54, 1.807) is 43.4 Å². The van der Waals surface area contributed by atoms with Gasteiger partial charge >= 0.3 is 24.1 Å². The molecule has 0 aliphatic carbocycles. The van der Waals surface area contributed by atoms with E-state index < -0.39 is 23.9 Å². The number of nitrogens with one attached hydrogen (secondary N) is 8. The molecule has 0 fully saturated rings. The first-order chi connectivity index (χ1) is 66.8. The van der Waals surface area contributed by atoms with Crippen LogP contribution in [0.3, 0.4) is 0 Å². The van der Waals surface area contributed by atoms with E-state index in [0.29, 0.717) is 118 Å². The molecule has 8 N–H and O–H groups in total. The minimum absolute atomic E-state index is 0.116. The standard InChI is InChI=1S/C27H26N6O2.C26H23FN6O2.C26H24N6O2.C25H23N7O/c1-4-35-26-19(3)24(33(31-26)21-15-9-6-10-16-21)29-27(34)30-25-22(20-13-7-5-8-14-20)28-23-18(2)12-11-17-32(23)25;1-3-35-25-17(2)22(33(31-25)19-13-8-5-9-14-19)29-26(34)30-24-21(18-11-6-4-7-12-18)28-23-20(27)15-10-16-32(23)24;1-3-34-25-18(2)23(32(30-25)20-14-8-5-9-15-20)28-26(33)29-24-22(19-12-6-4-7-13-19)27-21-16-10-11-17-31(21)24;1-16-17(2)30-32(20-12-8-5-9-13-20)22(16)28-25(33)29-24-21(19-10-6-4-7-11-19)27-23-18(3)26-14-15-31(23)24/h5-17H,4H2,1-3H3,(H2,29,30,34);4-16H,3H2,1-2H3,(H2,29,30,34);4-17H,3H2,1-2H3,(H2,28,29,33);4-15H,1-3H3,(H2,28,29,33). The summed E-state index contributed by atoms with van der Waals surface area (Å²) in [5.41, 5.74) is 17.2. The monoisotopic (exact) mass is 1830 g/mol. The van der Waals surface area contributed by atoms with Crippen molar-refractivity contribution in [2.24, 2.45) is 0 Å². The number of nitrogens with zero attached hydrogens (tertiary/aromatic N) is 17. The Morgan fingerprint density at radius 2 is 0.577 bits per heavy atom. The third kappa shape index (κ3) is 19.6. The number of pyridine rings is 3. The average Bonchev–Trinajstić information content (AvgIpc) is 1.62. The van der Waals surface area contributed by atoms with Gasteiger partial charge in [0.1, 0.15) is 80.6 Å². The molecule has 20 rings (SSSR count). The molecule has 137 heavy (non-hydrogen) atoms. The molecule has 686 valence electrons. The van der Waals surface area contributed by atoms with Gasteiger partial charge in [0.15, 0.2) is 17.1 Å². The zero-order valence-corrected chi connectivity index (χ0v) is 76.5. The molecule has 20 aromatic rings. The van der Waals surface area contributed by atoms with Gasteiger partial charge in [-0.2, -0.15) is 5.10 Å². The van der Waals surface area contributed by atoms with E-state index in [9.17, 15) is 23.6 Å². The number of anilines is 8. The molecular formula is C104H96FN25O7. The SMILES string of the molecule is CCOc1nn(-c2ccccc2)c(NC(=O)Nc2c(-c3ccccc3)nc3c(C)cccn23)c1C.CCOc1nn(-c2ccccc2)c(NC(=O)Nc2c(-c3ccccc3)nc3c(F)cccn23)c1C.CCOc1nn(-c2ccccc2)c(NC(=O)Nc2c(-c3ccccc3)nc3ccccn23)c1C.Cc1nn(-c2ccccc2)c(NC(=O)Nc2c(-c3ccccc3)nc3c(C)nccn23)c1C. The summed E-state index contributed by atoms with van der Waals surface area (Å²) >= 11 is 0. The number of hydrogen-bond donors (Lipinski definition) is 8. The zero-order valence-electron chi connectivity index (χ0n) is 76.5. The smallest absolute Gasteiger partial charge is 0.326 e. The summed E-state index contributed by atoms with van der Waals surface area (Å²) in [4.78, 5) is 76.2. The molecule has 12 heterocycles. The Hall–Kier alpha value is -18.3. The average molecular weight is 1830 g/mol. The Bertz CT molecular complexity index is 7460. The first-order valence-electron chi connectivity index (χ1n) is 44.2. The lowest BCUT2D eigenvalue weighted by atomic mass is 10.1. The van der Waals surface area contributed by atoms with E-state index in [0.717, 1.165) is 89.9 Å². The maximum atomic E-state index is 14.5. The predicted octanol–water partition coefficient (Wildman–Crippen LogP) is 22.2. The van der Waals surface area contributed by atoms with Crippen LogP contribution in [0.25, 0.3) is 90.4 Å². The summed E-state index contributed by atoms with van der Waals surface area (Å²) in [7, 11) is 0. The maximum Gasteiger partial charge on any atom is 0.326 e. The molecular weight excluding hydrogens is 1730 g/mol. The van der Waals surface area contributed by atoms with Gasteiger partial charge < -0.3 is 14.2 Å². The van der Waals surface area contributed by atoms with Gasteiger partial charge in [-0.3, -0.25) is 65.1 Å². The van der Waals surface area contributed by atoms with Crippen molar-refractivity contribution in [3.05, 3.63) is 361 Å². The van der Waals surface area contributed by atoms with Crippen molar-refractivity contribution in [3.8, 4) is 85.4 Å². The zero-order chi connectivity index (χ0) is 95.2. The molecule has 0 saturated heterocycles. The number of fused-ring (bicyclic) bond motifs is 4. The minimum Gasteiger partial charge on any atom is -0.477 e. The van der Waals surface area contributed by atoms with Crippen LogP contribution in [0.15, 0.2) is 316 Å². The number of amides is 8. The fourth-order valence-electron chi connectivity index (χ4n) is 15.5. The molecule has 0 aliphatic heterocycles. The molecule has 0 radical (unpaired) electrons. The Morgan fingerprint density at radius 3 is 0.956 bits per heavy atom. The Labute approximate surface area is 786 Å². The van der Waals surface area contributed by atoms with Crippen LogP contribution in [0.2, 0.25) is 0 Å². The van der Waals surface area contributed by atoms with E-state index in [2.05, 4.69) is 72.9 Å². The van der Waals surface area contributed by atoms with Crippen LogP contribution in [0, 0.1) is 54.3 Å². The lowest BCUT2D eigenvalue weighted by Gasteiger charge is -2.12. The Balaban J connectivity index is 0.000000127. The van der Waals surface area contributed by atoms with Crippen LogP contribution in [-0.2, 0) is 0 Å². The van der Waals surface area contributed by atoms with E-state index in [-0.39, 0.29) is 11.7 Å². The van der Waals surface area contributed by atoms with E-state index in [4.69, 9.17) is 29.2 Å². The lowest BCUT2D eigenvalue weighted by Crippen LogP contribution is -2.23. The number of aryl methyl sites for hydroxylation is 3. The molecule has 0 atom stereocenters. The highest BCUT2D eigenvalue weighted by Gasteiger charge is 2.29. The third-order valence-electron chi connectivity index (χ3n) is 22.2. The number of carbonyl (C=O) groups excluding carboxylic acids is 4. The normalized spacial score (nSPS) is 10.9. The van der Waals surface area contributed by atoms with E-state index >= 15 is 0 Å². The molecule has 33 heteroatoms. The van der Waals surface area contributed by atoms with Crippen LogP contribution in [0.5, 0.6) is 17.6 Å². The number of imidazole rings is 4. The number of aromatic nitrogens is 17. The third-order valence-corrected chi connectivity index (χ3v) is 22.2. The van der Waals surface area contributed by atoms with Gasteiger partial charge in [-0.05, 0) is 154 Å². The van der Waals surface area contributed by atoms with Crippen LogP contribution in [0.4, 0.5) is 70.1 Å². The van der Waals surface area contributed by atoms with Crippen molar-refractivity contribution in [3.63, 3.8) is 0 Å².